The summed E-state index contributed by atoms with van der Waals surface area (Å²) in [7, 11) is 1.33. The molecular formula is C16H14N2O4S. The number of ether oxygens (including phenoxy) is 1. The van der Waals surface area contributed by atoms with Crippen LogP contribution in [-0.2, 0) is 10.5 Å². The Labute approximate surface area is 136 Å². The number of rotatable bonds is 5. The van der Waals surface area contributed by atoms with Crippen LogP contribution in [0.4, 0.5) is 0 Å². The van der Waals surface area contributed by atoms with Crippen molar-refractivity contribution < 1.29 is 18.4 Å². The highest BCUT2D eigenvalue weighted by Gasteiger charge is 2.17. The van der Waals surface area contributed by atoms with Crippen molar-refractivity contribution in [3.63, 3.8) is 0 Å². The summed E-state index contributed by atoms with van der Waals surface area (Å²) in [5.74, 6) is 0.935. The Morgan fingerprint density at radius 3 is 2.74 bits per heavy atom. The predicted molar refractivity (Wildman–Crippen MR) is 84.1 cm³/mol. The van der Waals surface area contributed by atoms with Gasteiger partial charge in [0, 0.05) is 5.56 Å². The van der Waals surface area contributed by atoms with E-state index in [2.05, 4.69) is 10.2 Å². The van der Waals surface area contributed by atoms with E-state index in [1.165, 1.54) is 25.1 Å². The molecule has 0 spiro atoms. The van der Waals surface area contributed by atoms with E-state index in [9.17, 15) is 4.79 Å². The highest BCUT2D eigenvalue weighted by molar-refractivity contribution is 7.98. The molecule has 0 unspecified atom stereocenters. The highest BCUT2D eigenvalue weighted by Crippen LogP contribution is 2.27. The second-order valence-corrected chi connectivity index (χ2v) is 5.70. The van der Waals surface area contributed by atoms with Gasteiger partial charge in [-0.15, -0.1) is 10.2 Å². The number of benzene rings is 1. The Kier molecular flexibility index (Phi) is 4.47. The second-order valence-electron chi connectivity index (χ2n) is 4.78. The van der Waals surface area contributed by atoms with Crippen LogP contribution in [0.25, 0.3) is 11.5 Å². The smallest absolute Gasteiger partial charge is 0.341 e. The minimum Gasteiger partial charge on any atom is -0.468 e. The Hall–Kier alpha value is -2.54. The number of methoxy groups -OCH3 is 1. The zero-order valence-corrected chi connectivity index (χ0v) is 13.4. The number of carbonyl (C=O) groups excluding carboxylic acids is 1. The number of nitrogens with zero attached hydrogens (tertiary/aromatic N) is 2. The SMILES string of the molecule is COC(=O)c1ccoc1CSc1nnc(-c2ccc(C)cc2)o1. The van der Waals surface area contributed by atoms with Crippen molar-refractivity contribution in [3.05, 3.63) is 53.5 Å². The van der Waals surface area contributed by atoms with E-state index in [0.717, 1.165) is 11.1 Å². The number of furan rings is 1. The molecule has 0 aliphatic rings. The van der Waals surface area contributed by atoms with Gasteiger partial charge >= 0.3 is 5.97 Å². The Balaban J connectivity index is 1.69. The van der Waals surface area contributed by atoms with Gasteiger partial charge in [-0.05, 0) is 25.1 Å². The lowest BCUT2D eigenvalue weighted by Gasteiger charge is -1.99. The molecular weight excluding hydrogens is 316 g/mol. The molecule has 0 aliphatic heterocycles. The fraction of sp³-hybridized carbons (Fsp3) is 0.188. The summed E-state index contributed by atoms with van der Waals surface area (Å²) in [6.45, 7) is 2.02. The zero-order valence-electron chi connectivity index (χ0n) is 12.6. The monoisotopic (exact) mass is 330 g/mol. The van der Waals surface area contributed by atoms with Crippen LogP contribution in [0.5, 0.6) is 0 Å². The molecule has 0 radical (unpaired) electrons. The minimum atomic E-state index is -0.430. The molecule has 0 aliphatic carbocycles. The third-order valence-corrected chi connectivity index (χ3v) is 4.00. The molecule has 2 heterocycles. The summed E-state index contributed by atoms with van der Waals surface area (Å²) in [5, 5.41) is 8.44. The maximum Gasteiger partial charge on any atom is 0.341 e. The Morgan fingerprint density at radius 2 is 2.00 bits per heavy atom. The van der Waals surface area contributed by atoms with Gasteiger partial charge < -0.3 is 13.6 Å². The van der Waals surface area contributed by atoms with Crippen molar-refractivity contribution >= 4 is 17.7 Å². The van der Waals surface area contributed by atoms with Crippen LogP contribution in [-0.4, -0.2) is 23.3 Å². The third kappa shape index (κ3) is 3.45. The molecule has 0 fully saturated rings. The number of carbonyl (C=O) groups is 1. The standard InChI is InChI=1S/C16H14N2O4S/c1-10-3-5-11(6-4-10)14-17-18-16(22-14)23-9-13-12(7-8-21-13)15(19)20-2/h3-8H,9H2,1-2H3. The number of hydrogen-bond donors (Lipinski definition) is 0. The second kappa shape index (κ2) is 6.70. The van der Waals surface area contributed by atoms with Crippen LogP contribution in [0.15, 0.2) is 50.7 Å². The van der Waals surface area contributed by atoms with Gasteiger partial charge in [0.05, 0.1) is 19.1 Å². The van der Waals surface area contributed by atoms with Crippen molar-refractivity contribution in [2.45, 2.75) is 17.9 Å². The quantitative estimate of drug-likeness (QED) is 0.521. The van der Waals surface area contributed by atoms with Crippen LogP contribution in [0.1, 0.15) is 21.7 Å². The molecule has 0 amide bonds. The lowest BCUT2D eigenvalue weighted by molar-refractivity contribution is 0.0598. The molecule has 6 nitrogen and oxygen atoms in total. The molecule has 0 saturated carbocycles. The fourth-order valence-electron chi connectivity index (χ4n) is 1.95. The van der Waals surface area contributed by atoms with Gasteiger partial charge in [0.1, 0.15) is 11.3 Å². The Morgan fingerprint density at radius 1 is 1.22 bits per heavy atom. The molecule has 118 valence electrons. The number of aromatic nitrogens is 2. The lowest BCUT2D eigenvalue weighted by atomic mass is 10.1. The van der Waals surface area contributed by atoms with E-state index in [1.54, 1.807) is 6.07 Å². The summed E-state index contributed by atoms with van der Waals surface area (Å²) >= 11 is 1.30. The first-order valence-electron chi connectivity index (χ1n) is 6.85. The molecule has 3 rings (SSSR count). The van der Waals surface area contributed by atoms with Gasteiger partial charge in [0.2, 0.25) is 5.89 Å². The number of thioether (sulfide) groups is 1. The van der Waals surface area contributed by atoms with Crippen molar-refractivity contribution in [1.82, 2.24) is 10.2 Å². The summed E-state index contributed by atoms with van der Waals surface area (Å²) < 4.78 is 15.6. The Bertz CT molecular complexity index is 808. The van der Waals surface area contributed by atoms with Crippen LogP contribution in [0.3, 0.4) is 0 Å². The van der Waals surface area contributed by atoms with Gasteiger partial charge in [0.25, 0.3) is 5.22 Å². The van der Waals surface area contributed by atoms with Gasteiger partial charge in [0.15, 0.2) is 0 Å². The zero-order chi connectivity index (χ0) is 16.2. The van der Waals surface area contributed by atoms with Gasteiger partial charge in [-0.1, -0.05) is 29.5 Å². The van der Waals surface area contributed by atoms with E-state index < -0.39 is 5.97 Å². The van der Waals surface area contributed by atoms with Crippen molar-refractivity contribution in [3.8, 4) is 11.5 Å². The highest BCUT2D eigenvalue weighted by atomic mass is 32.2. The number of esters is 1. The molecule has 7 heteroatoms. The van der Waals surface area contributed by atoms with Crippen LogP contribution < -0.4 is 0 Å². The van der Waals surface area contributed by atoms with E-state index >= 15 is 0 Å². The first-order chi connectivity index (χ1) is 11.2. The normalized spacial score (nSPS) is 10.7. The first-order valence-corrected chi connectivity index (χ1v) is 7.84. The predicted octanol–water partition coefficient (Wildman–Crippen LogP) is 3.72. The molecule has 0 bridgehead atoms. The van der Waals surface area contributed by atoms with Crippen LogP contribution in [0.2, 0.25) is 0 Å². The third-order valence-electron chi connectivity index (χ3n) is 3.18. The molecule has 3 aromatic rings. The van der Waals surface area contributed by atoms with Crippen LogP contribution >= 0.6 is 11.8 Å². The average molecular weight is 330 g/mol. The average Bonchev–Trinajstić information content (AvgIpc) is 3.22. The number of hydrogen-bond acceptors (Lipinski definition) is 7. The summed E-state index contributed by atoms with van der Waals surface area (Å²) in [6, 6.07) is 9.40. The molecule has 2 aromatic heterocycles. The van der Waals surface area contributed by atoms with Crippen LogP contribution in [0, 0.1) is 6.92 Å². The van der Waals surface area contributed by atoms with Crippen molar-refractivity contribution in [2.75, 3.05) is 7.11 Å². The van der Waals surface area contributed by atoms with Crippen molar-refractivity contribution in [1.29, 1.82) is 0 Å². The molecule has 1 aromatic carbocycles. The largest absolute Gasteiger partial charge is 0.468 e. The first kappa shape index (κ1) is 15.4. The summed E-state index contributed by atoms with van der Waals surface area (Å²) in [4.78, 5) is 11.6. The maximum atomic E-state index is 11.6. The van der Waals surface area contributed by atoms with Gasteiger partial charge in [-0.3, -0.25) is 0 Å². The molecule has 0 atom stereocenters. The van der Waals surface area contributed by atoms with E-state index in [1.807, 2.05) is 31.2 Å². The number of aryl methyl sites for hydroxylation is 1. The van der Waals surface area contributed by atoms with E-state index in [-0.39, 0.29) is 0 Å². The molecule has 0 N–H and O–H groups in total. The molecule has 23 heavy (non-hydrogen) atoms. The molecule has 0 saturated heterocycles. The maximum absolute atomic E-state index is 11.6. The van der Waals surface area contributed by atoms with Gasteiger partial charge in [-0.25, -0.2) is 4.79 Å². The van der Waals surface area contributed by atoms with E-state index in [0.29, 0.717) is 28.2 Å². The van der Waals surface area contributed by atoms with Crippen molar-refractivity contribution in [2.24, 2.45) is 0 Å². The van der Waals surface area contributed by atoms with Gasteiger partial charge in [-0.2, -0.15) is 0 Å². The minimum absolute atomic E-state index is 0.396. The topological polar surface area (TPSA) is 78.4 Å². The summed E-state index contributed by atoms with van der Waals surface area (Å²) in [6.07, 6.45) is 1.45. The lowest BCUT2D eigenvalue weighted by Crippen LogP contribution is -2.02. The van der Waals surface area contributed by atoms with E-state index in [4.69, 9.17) is 13.6 Å². The fourth-order valence-corrected chi connectivity index (χ4v) is 2.67. The summed E-state index contributed by atoms with van der Waals surface area (Å²) in [5.41, 5.74) is 2.43.